The molecule has 1 heterocycles. The highest BCUT2D eigenvalue weighted by Gasteiger charge is 2.44. The van der Waals surface area contributed by atoms with Crippen LogP contribution in [0.1, 0.15) is 29.3 Å². The Morgan fingerprint density at radius 3 is 2.20 bits per heavy atom. The molecule has 1 aliphatic heterocycles. The van der Waals surface area contributed by atoms with Crippen LogP contribution in [0.15, 0.2) is 66.7 Å². The van der Waals surface area contributed by atoms with Gasteiger partial charge in [-0.25, -0.2) is 4.79 Å². The Balaban J connectivity index is 1.58. The fourth-order valence-corrected chi connectivity index (χ4v) is 4.84. The van der Waals surface area contributed by atoms with Crippen molar-refractivity contribution in [3.63, 3.8) is 0 Å². The van der Waals surface area contributed by atoms with Crippen LogP contribution in [0.5, 0.6) is 17.2 Å². The van der Waals surface area contributed by atoms with Gasteiger partial charge in [0.25, 0.3) is 5.91 Å². The molecule has 1 saturated heterocycles. The largest absolute Gasteiger partial charge is 0.497 e. The smallest absolute Gasteiger partial charge is 0.338 e. The number of anilines is 2. The van der Waals surface area contributed by atoms with Crippen LogP contribution in [-0.4, -0.2) is 61.8 Å². The number of rotatable bonds is 11. The van der Waals surface area contributed by atoms with E-state index in [2.05, 4.69) is 5.32 Å². The highest BCUT2D eigenvalue weighted by Crippen LogP contribution is 2.32. The summed E-state index contributed by atoms with van der Waals surface area (Å²) in [5, 5.41) is 3.07. The van der Waals surface area contributed by atoms with Crippen molar-refractivity contribution in [1.82, 2.24) is 4.90 Å². The van der Waals surface area contributed by atoms with Gasteiger partial charge in [0.2, 0.25) is 5.91 Å². The molecule has 10 nitrogen and oxygen atoms in total. The van der Waals surface area contributed by atoms with Gasteiger partial charge in [-0.05, 0) is 85.4 Å². The van der Waals surface area contributed by atoms with Crippen LogP contribution in [0.3, 0.4) is 0 Å². The zero-order valence-electron chi connectivity index (χ0n) is 23.2. The Morgan fingerprint density at radius 1 is 0.902 bits per heavy atom. The minimum Gasteiger partial charge on any atom is -0.497 e. The fraction of sp³-hybridized carbons (Fsp3) is 0.267. The van der Waals surface area contributed by atoms with E-state index in [4.69, 9.17) is 31.2 Å². The number of methoxy groups -OCH3 is 3. The first-order chi connectivity index (χ1) is 19.8. The van der Waals surface area contributed by atoms with Gasteiger partial charge in [-0.1, -0.05) is 6.07 Å². The van der Waals surface area contributed by atoms with Gasteiger partial charge in [-0.15, -0.1) is 0 Å². The molecule has 0 saturated carbocycles. The quantitative estimate of drug-likeness (QED) is 0.262. The number of carbonyl (C=O) groups excluding carboxylic acids is 3. The molecule has 214 valence electrons. The summed E-state index contributed by atoms with van der Waals surface area (Å²) in [4.78, 5) is 42.0. The molecule has 0 radical (unpaired) electrons. The van der Waals surface area contributed by atoms with E-state index in [1.54, 1.807) is 87.8 Å². The maximum absolute atomic E-state index is 13.8. The molecule has 1 fully saturated rings. The number of hydrogen-bond acceptors (Lipinski definition) is 8. The maximum atomic E-state index is 13.8. The zero-order valence-corrected chi connectivity index (χ0v) is 24.0. The summed E-state index contributed by atoms with van der Waals surface area (Å²) in [5.41, 5.74) is 2.23. The monoisotopic (exact) mass is 577 g/mol. The molecule has 0 aliphatic carbocycles. The van der Waals surface area contributed by atoms with E-state index in [9.17, 15) is 14.4 Å². The van der Waals surface area contributed by atoms with Crippen LogP contribution in [0.2, 0.25) is 0 Å². The third-order valence-corrected chi connectivity index (χ3v) is 6.93. The van der Waals surface area contributed by atoms with Crippen molar-refractivity contribution < 1.29 is 33.3 Å². The summed E-state index contributed by atoms with van der Waals surface area (Å²) >= 11 is 5.78. The molecule has 0 bridgehead atoms. The summed E-state index contributed by atoms with van der Waals surface area (Å²) in [6.45, 7) is 2.25. The molecule has 0 aromatic heterocycles. The van der Waals surface area contributed by atoms with Crippen molar-refractivity contribution >= 4 is 46.5 Å². The molecule has 11 heteroatoms. The van der Waals surface area contributed by atoms with Crippen LogP contribution in [0.4, 0.5) is 11.4 Å². The second kappa shape index (κ2) is 13.1. The number of carbonyl (C=O) groups is 3. The van der Waals surface area contributed by atoms with Gasteiger partial charge < -0.3 is 29.2 Å². The SMILES string of the molecule is CCOC(=O)c1ccc(NC(=O)CC2C(=O)N(c3ccc(OC)cc3)C(=S)N2Cc2ccc(OC)c(OC)c2)cc1. The third-order valence-electron chi connectivity index (χ3n) is 6.51. The number of nitrogens with zero attached hydrogens (tertiary/aromatic N) is 2. The van der Waals surface area contributed by atoms with Crippen molar-refractivity contribution in [3.8, 4) is 17.2 Å². The second-order valence-electron chi connectivity index (χ2n) is 9.04. The zero-order chi connectivity index (χ0) is 29.5. The molecule has 1 atom stereocenters. The molecule has 1 unspecified atom stereocenters. The van der Waals surface area contributed by atoms with E-state index in [-0.39, 0.29) is 36.5 Å². The van der Waals surface area contributed by atoms with Crippen LogP contribution in [0.25, 0.3) is 0 Å². The third kappa shape index (κ3) is 6.58. The van der Waals surface area contributed by atoms with E-state index in [0.29, 0.717) is 34.2 Å². The summed E-state index contributed by atoms with van der Waals surface area (Å²) < 4.78 is 21.0. The lowest BCUT2D eigenvalue weighted by molar-refractivity contribution is -0.124. The highest BCUT2D eigenvalue weighted by atomic mass is 32.1. The first-order valence-electron chi connectivity index (χ1n) is 12.9. The first-order valence-corrected chi connectivity index (χ1v) is 13.3. The number of hydrogen-bond donors (Lipinski definition) is 1. The van der Waals surface area contributed by atoms with E-state index in [1.165, 1.54) is 4.90 Å². The molecular weight excluding hydrogens is 546 g/mol. The lowest BCUT2D eigenvalue weighted by Crippen LogP contribution is -2.37. The van der Waals surface area contributed by atoms with E-state index in [1.807, 2.05) is 12.1 Å². The summed E-state index contributed by atoms with van der Waals surface area (Å²) in [6, 6.07) is 17.9. The highest BCUT2D eigenvalue weighted by molar-refractivity contribution is 7.80. The Morgan fingerprint density at radius 2 is 1.59 bits per heavy atom. The second-order valence-corrected chi connectivity index (χ2v) is 9.40. The summed E-state index contributed by atoms with van der Waals surface area (Å²) in [5.74, 6) is 0.589. The molecule has 1 N–H and O–H groups in total. The number of ether oxygens (including phenoxy) is 4. The average molecular weight is 578 g/mol. The van der Waals surface area contributed by atoms with Crippen molar-refractivity contribution in [2.75, 3.05) is 38.2 Å². The topological polar surface area (TPSA) is 107 Å². The number of benzene rings is 3. The van der Waals surface area contributed by atoms with Crippen molar-refractivity contribution in [3.05, 3.63) is 77.9 Å². The van der Waals surface area contributed by atoms with E-state index in [0.717, 1.165) is 5.56 Å². The Labute approximate surface area is 243 Å². The van der Waals surface area contributed by atoms with E-state index < -0.39 is 12.0 Å². The maximum Gasteiger partial charge on any atom is 0.338 e. The molecular formula is C30H31N3O7S. The van der Waals surface area contributed by atoms with Gasteiger partial charge in [0.1, 0.15) is 11.8 Å². The normalized spacial score (nSPS) is 14.6. The minimum absolute atomic E-state index is 0.154. The Kier molecular flexibility index (Phi) is 9.41. The molecule has 3 aromatic carbocycles. The average Bonchev–Trinajstić information content (AvgIpc) is 3.21. The Hall–Kier alpha value is -4.64. The number of amides is 2. The van der Waals surface area contributed by atoms with Crippen molar-refractivity contribution in [1.29, 1.82) is 0 Å². The first kappa shape index (κ1) is 29.3. The number of thiocarbonyl (C=S) groups is 1. The molecule has 0 spiro atoms. The van der Waals surface area contributed by atoms with Gasteiger partial charge in [0.15, 0.2) is 16.6 Å². The minimum atomic E-state index is -0.864. The van der Waals surface area contributed by atoms with Crippen LogP contribution < -0.4 is 24.4 Å². The molecule has 2 amide bonds. The Bertz CT molecular complexity index is 1430. The lowest BCUT2D eigenvalue weighted by atomic mass is 10.1. The van der Waals surface area contributed by atoms with Gasteiger partial charge in [-0.2, -0.15) is 0 Å². The van der Waals surface area contributed by atoms with Crippen LogP contribution >= 0.6 is 12.2 Å². The van der Waals surface area contributed by atoms with Crippen molar-refractivity contribution in [2.45, 2.75) is 25.9 Å². The number of esters is 1. The van der Waals surface area contributed by atoms with Gasteiger partial charge in [0.05, 0.1) is 45.6 Å². The molecule has 1 aliphatic rings. The molecule has 4 rings (SSSR count). The predicted molar refractivity (Wildman–Crippen MR) is 158 cm³/mol. The lowest BCUT2D eigenvalue weighted by Gasteiger charge is -2.24. The van der Waals surface area contributed by atoms with Gasteiger partial charge in [0, 0.05) is 12.2 Å². The predicted octanol–water partition coefficient (Wildman–Crippen LogP) is 4.42. The van der Waals surface area contributed by atoms with E-state index >= 15 is 0 Å². The van der Waals surface area contributed by atoms with Gasteiger partial charge >= 0.3 is 5.97 Å². The summed E-state index contributed by atoms with van der Waals surface area (Å²) in [7, 11) is 4.66. The molecule has 3 aromatic rings. The van der Waals surface area contributed by atoms with Crippen LogP contribution in [-0.2, 0) is 20.9 Å². The van der Waals surface area contributed by atoms with Gasteiger partial charge in [-0.3, -0.25) is 14.5 Å². The van der Waals surface area contributed by atoms with Crippen LogP contribution in [0, 0.1) is 0 Å². The number of nitrogens with one attached hydrogen (secondary N) is 1. The standard InChI is InChI=1S/C30H31N3O7S/c1-5-40-29(36)20-7-9-21(10-8-20)31-27(34)17-24-28(35)33(22-11-13-23(37-2)14-12-22)30(41)32(24)18-19-6-15-25(38-3)26(16-19)39-4/h6-16,24H,5,17-18H2,1-4H3,(H,31,34). The fourth-order valence-electron chi connectivity index (χ4n) is 4.45. The van der Waals surface area contributed by atoms with Crippen molar-refractivity contribution in [2.24, 2.45) is 0 Å². The molecule has 41 heavy (non-hydrogen) atoms. The summed E-state index contributed by atoms with van der Waals surface area (Å²) in [6.07, 6.45) is -0.154.